The smallest absolute Gasteiger partial charge is 0.410 e. The normalized spacial score (nSPS) is 21.2. The number of rotatable bonds is 13. The Hall–Kier alpha value is -3.24. The largest absolute Gasteiger partial charge is 0.487 e. The first-order valence-corrected chi connectivity index (χ1v) is 19.2. The molecule has 280 valence electrons. The molecule has 3 fully saturated rings. The minimum Gasteiger partial charge on any atom is -0.487 e. The van der Waals surface area contributed by atoms with Gasteiger partial charge in [-0.3, -0.25) is 4.79 Å². The molecular weight excluding hydrogens is 725 g/mol. The first-order chi connectivity index (χ1) is 24.8. The van der Waals surface area contributed by atoms with E-state index < -0.39 is 11.5 Å². The van der Waals surface area contributed by atoms with Crippen molar-refractivity contribution < 1.29 is 28.5 Å². The van der Waals surface area contributed by atoms with Crippen molar-refractivity contribution >= 4 is 46.8 Å². The molecule has 4 unspecified atom stereocenters. The first-order valence-electron chi connectivity index (χ1n) is 18.1. The van der Waals surface area contributed by atoms with Crippen molar-refractivity contribution in [2.45, 2.75) is 102 Å². The van der Waals surface area contributed by atoms with Crippen LogP contribution in [0, 0.1) is 12.8 Å². The maximum Gasteiger partial charge on any atom is 0.410 e. The second kappa shape index (κ2) is 16.4. The lowest BCUT2D eigenvalue weighted by atomic mass is 9.75. The second-order valence-electron chi connectivity index (χ2n) is 15.1. The molecule has 0 radical (unpaired) electrons. The number of aryl methyl sites for hydroxylation is 1. The summed E-state index contributed by atoms with van der Waals surface area (Å²) in [5.41, 5.74) is 3.26. The van der Waals surface area contributed by atoms with Crippen molar-refractivity contribution in [1.82, 2.24) is 14.8 Å². The molecule has 2 amide bonds. The Balaban J connectivity index is 1.22. The fraction of sp³-hybridized carbons (Fsp3) is 0.525. The van der Waals surface area contributed by atoms with E-state index in [0.29, 0.717) is 46.3 Å². The number of fused-ring (bicyclic) bond motifs is 2. The summed E-state index contributed by atoms with van der Waals surface area (Å²) in [6, 6.07) is 13.2. The number of carbonyl (C=O) groups excluding carboxylic acids is 2. The Labute approximate surface area is 321 Å². The van der Waals surface area contributed by atoms with Gasteiger partial charge in [-0.05, 0) is 107 Å². The number of pyridine rings is 1. The lowest BCUT2D eigenvalue weighted by Crippen LogP contribution is -2.56. The molecule has 2 aromatic carbocycles. The Morgan fingerprint density at radius 2 is 1.65 bits per heavy atom. The van der Waals surface area contributed by atoms with Crippen LogP contribution in [0.25, 0.3) is 0 Å². The van der Waals surface area contributed by atoms with E-state index in [1.807, 2.05) is 61.8 Å². The molecule has 1 aliphatic carbocycles. The van der Waals surface area contributed by atoms with Gasteiger partial charge in [0.25, 0.3) is 0 Å². The zero-order valence-electron chi connectivity index (χ0n) is 30.5. The SMILES string of the molecule is COCCc1ccc(Cl)c(CN(C(=O)C2C(c3ccc(OCCOc4c(Cl)cc(C)cc4Cl)nc3)CC3CCC2N3C(=O)OC(C)(C)C)C2CC2)c1. The number of amides is 2. The van der Waals surface area contributed by atoms with Gasteiger partial charge >= 0.3 is 6.09 Å². The van der Waals surface area contributed by atoms with Crippen LogP contribution in [0.15, 0.2) is 48.7 Å². The summed E-state index contributed by atoms with van der Waals surface area (Å²) < 4.78 is 22.9. The topological polar surface area (TPSA) is 90.4 Å². The van der Waals surface area contributed by atoms with Gasteiger partial charge in [-0.2, -0.15) is 0 Å². The van der Waals surface area contributed by atoms with E-state index in [1.54, 1.807) is 25.4 Å². The molecule has 9 nitrogen and oxygen atoms in total. The summed E-state index contributed by atoms with van der Waals surface area (Å²) in [4.78, 5) is 37.2. The van der Waals surface area contributed by atoms with Gasteiger partial charge in [-0.1, -0.05) is 53.0 Å². The number of methoxy groups -OCH3 is 1. The number of piperidine rings is 1. The average molecular weight is 773 g/mol. The summed E-state index contributed by atoms with van der Waals surface area (Å²) in [7, 11) is 1.69. The van der Waals surface area contributed by atoms with Crippen LogP contribution < -0.4 is 9.47 Å². The highest BCUT2D eigenvalue weighted by atomic mass is 35.5. The number of carbonyl (C=O) groups is 2. The van der Waals surface area contributed by atoms with Crippen LogP contribution in [-0.2, 0) is 27.2 Å². The van der Waals surface area contributed by atoms with Crippen molar-refractivity contribution in [2.75, 3.05) is 26.9 Å². The summed E-state index contributed by atoms with van der Waals surface area (Å²) in [6.45, 7) is 8.99. The van der Waals surface area contributed by atoms with Crippen molar-refractivity contribution in [3.8, 4) is 11.6 Å². The van der Waals surface area contributed by atoms with Crippen LogP contribution in [0.1, 0.15) is 81.0 Å². The Morgan fingerprint density at radius 1 is 0.923 bits per heavy atom. The molecule has 2 saturated heterocycles. The number of nitrogens with zero attached hydrogens (tertiary/aromatic N) is 3. The van der Waals surface area contributed by atoms with Gasteiger partial charge in [0.1, 0.15) is 18.8 Å². The molecule has 52 heavy (non-hydrogen) atoms. The summed E-state index contributed by atoms with van der Waals surface area (Å²) in [5, 5.41) is 1.52. The molecule has 2 aliphatic heterocycles. The first kappa shape index (κ1) is 38.5. The van der Waals surface area contributed by atoms with E-state index in [2.05, 4.69) is 11.1 Å². The standard InChI is InChI=1S/C40H48Cl3N3O6/c1-24-18-32(42)37(33(43)19-24)51-17-16-50-35-13-7-26(22-44-35)30-21-29-10-12-34(46(29)39(48)52-40(2,3)4)36(30)38(47)45(28-8-9-28)23-27-20-25(14-15-49-5)6-11-31(27)41/h6-7,11,13,18-20,22,28-30,34,36H,8-10,12,14-17,21,23H2,1-5H3. The molecule has 1 saturated carbocycles. The van der Waals surface area contributed by atoms with Crippen molar-refractivity contribution in [3.05, 3.63) is 86.0 Å². The Bertz CT molecular complexity index is 1720. The molecule has 0 N–H and O–H groups in total. The Kier molecular flexibility index (Phi) is 12.1. The highest BCUT2D eigenvalue weighted by Crippen LogP contribution is 2.49. The van der Waals surface area contributed by atoms with Crippen LogP contribution >= 0.6 is 34.8 Å². The van der Waals surface area contributed by atoms with E-state index in [9.17, 15) is 4.79 Å². The number of halogens is 3. The van der Waals surface area contributed by atoms with Gasteiger partial charge in [-0.25, -0.2) is 9.78 Å². The van der Waals surface area contributed by atoms with Crippen molar-refractivity contribution in [1.29, 1.82) is 0 Å². The molecule has 3 aliphatic rings. The third kappa shape index (κ3) is 9.09. The molecular formula is C40H48Cl3N3O6. The van der Waals surface area contributed by atoms with Gasteiger partial charge in [0.15, 0.2) is 5.75 Å². The number of hydrogen-bond donors (Lipinski definition) is 0. The molecule has 3 aromatic rings. The predicted octanol–water partition coefficient (Wildman–Crippen LogP) is 9.06. The van der Waals surface area contributed by atoms with E-state index in [0.717, 1.165) is 54.4 Å². The number of aromatic nitrogens is 1. The van der Waals surface area contributed by atoms with Crippen molar-refractivity contribution in [3.63, 3.8) is 0 Å². The third-order valence-electron chi connectivity index (χ3n) is 10.0. The quantitative estimate of drug-likeness (QED) is 0.160. The molecule has 1 aromatic heterocycles. The van der Waals surface area contributed by atoms with E-state index >= 15 is 4.79 Å². The van der Waals surface area contributed by atoms with Crippen LogP contribution in [0.3, 0.4) is 0 Å². The van der Waals surface area contributed by atoms with Gasteiger partial charge < -0.3 is 28.7 Å². The fourth-order valence-corrected chi connectivity index (χ4v) is 8.45. The summed E-state index contributed by atoms with van der Waals surface area (Å²) in [6.07, 6.45) is 6.24. The lowest BCUT2D eigenvalue weighted by molar-refractivity contribution is -0.141. The number of ether oxygens (including phenoxy) is 4. The van der Waals surface area contributed by atoms with Gasteiger partial charge in [0.05, 0.1) is 22.6 Å². The monoisotopic (exact) mass is 771 g/mol. The fourth-order valence-electron chi connectivity index (χ4n) is 7.57. The minimum atomic E-state index is -0.652. The molecule has 4 atom stereocenters. The van der Waals surface area contributed by atoms with Crippen LogP contribution in [-0.4, -0.2) is 77.4 Å². The summed E-state index contributed by atoms with van der Waals surface area (Å²) in [5.74, 6) is 0.270. The van der Waals surface area contributed by atoms with E-state index in [-0.39, 0.29) is 49.3 Å². The maximum absolute atomic E-state index is 15.0. The Morgan fingerprint density at radius 3 is 2.31 bits per heavy atom. The van der Waals surface area contributed by atoms with Crippen LogP contribution in [0.2, 0.25) is 15.1 Å². The highest BCUT2D eigenvalue weighted by Gasteiger charge is 2.55. The van der Waals surface area contributed by atoms with E-state index in [4.69, 9.17) is 53.8 Å². The summed E-state index contributed by atoms with van der Waals surface area (Å²) >= 11 is 19.4. The van der Waals surface area contributed by atoms with E-state index in [1.165, 1.54) is 0 Å². The molecule has 6 rings (SSSR count). The van der Waals surface area contributed by atoms with Gasteiger partial charge in [-0.15, -0.1) is 0 Å². The number of hydrogen-bond acceptors (Lipinski definition) is 7. The molecule has 3 heterocycles. The third-order valence-corrected chi connectivity index (χ3v) is 11.0. The van der Waals surface area contributed by atoms with Gasteiger partial charge in [0.2, 0.25) is 11.8 Å². The predicted molar refractivity (Wildman–Crippen MR) is 203 cm³/mol. The van der Waals surface area contributed by atoms with Crippen LogP contribution in [0.5, 0.6) is 11.6 Å². The van der Waals surface area contributed by atoms with Crippen LogP contribution in [0.4, 0.5) is 4.79 Å². The maximum atomic E-state index is 15.0. The van der Waals surface area contributed by atoms with Crippen molar-refractivity contribution in [2.24, 2.45) is 5.92 Å². The molecule has 0 spiro atoms. The minimum absolute atomic E-state index is 0.0377. The van der Waals surface area contributed by atoms with Gasteiger partial charge in [0, 0.05) is 55.0 Å². The second-order valence-corrected chi connectivity index (χ2v) is 16.3. The highest BCUT2D eigenvalue weighted by molar-refractivity contribution is 6.37. The number of benzene rings is 2. The zero-order chi connectivity index (χ0) is 37.2. The molecule has 2 bridgehead atoms. The zero-order valence-corrected chi connectivity index (χ0v) is 32.8. The average Bonchev–Trinajstić information content (AvgIpc) is 3.88. The lowest BCUT2D eigenvalue weighted by Gasteiger charge is -2.45. The molecule has 12 heteroatoms.